The summed E-state index contributed by atoms with van der Waals surface area (Å²) in [5.74, 6) is -0.141. The third kappa shape index (κ3) is 4.87. The van der Waals surface area contributed by atoms with Gasteiger partial charge in [0.2, 0.25) is 5.91 Å². The number of alkyl halides is 1. The number of hydrogen-bond acceptors (Lipinski definition) is 4. The van der Waals surface area contributed by atoms with Crippen molar-refractivity contribution >= 4 is 27.5 Å². The lowest BCUT2D eigenvalue weighted by Gasteiger charge is -2.31. The molecule has 0 aromatic heterocycles. The van der Waals surface area contributed by atoms with Crippen LogP contribution in [0.15, 0.2) is 54.6 Å². The van der Waals surface area contributed by atoms with Gasteiger partial charge in [-0.1, -0.05) is 46.3 Å². The second-order valence-corrected chi connectivity index (χ2v) is 6.19. The number of carbonyl (C=O) groups excluding carboxylic acids is 1. The van der Waals surface area contributed by atoms with Gasteiger partial charge in [0.05, 0.1) is 28.9 Å². The van der Waals surface area contributed by atoms with Gasteiger partial charge in [-0.25, -0.2) is 0 Å². The Morgan fingerprint density at radius 1 is 1.16 bits per heavy atom. The van der Waals surface area contributed by atoms with Crippen molar-refractivity contribution in [3.63, 3.8) is 0 Å². The predicted octanol–water partition coefficient (Wildman–Crippen LogP) is 3.61. The Hall–Kier alpha value is -2.25. The number of amides is 1. The molecular formula is C18H19BrN2O4. The van der Waals surface area contributed by atoms with Crippen LogP contribution in [0.3, 0.4) is 0 Å². The Bertz CT molecular complexity index is 722. The molecule has 0 saturated heterocycles. The Kier molecular flexibility index (Phi) is 6.66. The van der Waals surface area contributed by atoms with Crippen LogP contribution in [0.2, 0.25) is 0 Å². The molecule has 132 valence electrons. The summed E-state index contributed by atoms with van der Waals surface area (Å²) < 4.78 is 0. The number of aliphatic hydroxyl groups excluding tert-OH is 1. The minimum absolute atomic E-state index is 0.0398. The molecule has 0 aliphatic rings. The summed E-state index contributed by atoms with van der Waals surface area (Å²) in [6, 6.07) is 15.0. The first-order valence-electron chi connectivity index (χ1n) is 7.76. The molecule has 0 bridgehead atoms. The summed E-state index contributed by atoms with van der Waals surface area (Å²) in [6.45, 7) is 2.00. The van der Waals surface area contributed by atoms with Crippen LogP contribution >= 0.6 is 15.9 Å². The lowest BCUT2D eigenvalue weighted by Crippen LogP contribution is -2.37. The molecule has 0 radical (unpaired) electrons. The maximum atomic E-state index is 12.3. The first-order valence-corrected chi connectivity index (χ1v) is 8.89. The van der Waals surface area contributed by atoms with E-state index in [1.165, 1.54) is 24.3 Å². The van der Waals surface area contributed by atoms with E-state index in [1.807, 2.05) is 37.3 Å². The van der Waals surface area contributed by atoms with Crippen LogP contribution in [-0.2, 0) is 4.79 Å². The SMILES string of the molecule is C[C@@H](c1ccccc1)N(C[C@H](O)c1ccc([N+](=O)[O-])cc1)C(=O)CBr. The van der Waals surface area contributed by atoms with E-state index in [1.54, 1.807) is 4.90 Å². The summed E-state index contributed by atoms with van der Waals surface area (Å²) in [6.07, 6.45) is -0.935. The van der Waals surface area contributed by atoms with E-state index in [0.717, 1.165) is 5.56 Å². The van der Waals surface area contributed by atoms with E-state index in [0.29, 0.717) is 5.56 Å². The van der Waals surface area contributed by atoms with Gasteiger partial charge in [0, 0.05) is 12.1 Å². The summed E-state index contributed by atoms with van der Waals surface area (Å²) in [4.78, 5) is 24.1. The zero-order valence-electron chi connectivity index (χ0n) is 13.7. The average molecular weight is 407 g/mol. The summed E-state index contributed by atoms with van der Waals surface area (Å²) >= 11 is 3.18. The van der Waals surface area contributed by atoms with Gasteiger partial charge in [-0.3, -0.25) is 14.9 Å². The highest BCUT2D eigenvalue weighted by Gasteiger charge is 2.24. The second kappa shape index (κ2) is 8.73. The number of nitrogens with zero attached hydrogens (tertiary/aromatic N) is 2. The van der Waals surface area contributed by atoms with Crippen molar-refractivity contribution < 1.29 is 14.8 Å². The van der Waals surface area contributed by atoms with E-state index in [2.05, 4.69) is 15.9 Å². The lowest BCUT2D eigenvalue weighted by atomic mass is 10.0. The molecule has 2 atom stereocenters. The number of non-ortho nitro benzene ring substituents is 1. The Balaban J connectivity index is 2.18. The molecule has 1 amide bonds. The van der Waals surface area contributed by atoms with Crippen LogP contribution in [0.1, 0.15) is 30.2 Å². The minimum atomic E-state index is -0.935. The monoisotopic (exact) mass is 406 g/mol. The van der Waals surface area contributed by atoms with Gasteiger partial charge >= 0.3 is 0 Å². The van der Waals surface area contributed by atoms with E-state index in [4.69, 9.17) is 0 Å². The molecule has 2 aromatic carbocycles. The zero-order valence-corrected chi connectivity index (χ0v) is 15.3. The van der Waals surface area contributed by atoms with Crippen molar-refractivity contribution in [2.24, 2.45) is 0 Å². The summed E-state index contributed by atoms with van der Waals surface area (Å²) in [5, 5.41) is 21.4. The highest BCUT2D eigenvalue weighted by molar-refractivity contribution is 9.09. The van der Waals surface area contributed by atoms with Crippen molar-refractivity contribution in [1.82, 2.24) is 4.90 Å². The van der Waals surface area contributed by atoms with Crippen molar-refractivity contribution in [3.05, 3.63) is 75.8 Å². The third-order valence-electron chi connectivity index (χ3n) is 4.04. The largest absolute Gasteiger partial charge is 0.387 e. The molecule has 0 aliphatic carbocycles. The first-order chi connectivity index (χ1) is 11.9. The molecule has 0 unspecified atom stereocenters. The van der Waals surface area contributed by atoms with Crippen LogP contribution in [0.25, 0.3) is 0 Å². The van der Waals surface area contributed by atoms with Gasteiger partial charge in [-0.15, -0.1) is 0 Å². The highest BCUT2D eigenvalue weighted by atomic mass is 79.9. The number of nitro benzene ring substituents is 1. The molecule has 7 heteroatoms. The minimum Gasteiger partial charge on any atom is -0.387 e. The summed E-state index contributed by atoms with van der Waals surface area (Å²) in [5.41, 5.74) is 1.45. The second-order valence-electron chi connectivity index (χ2n) is 5.63. The smallest absolute Gasteiger partial charge is 0.269 e. The molecule has 0 spiro atoms. The van der Waals surface area contributed by atoms with Gasteiger partial charge in [0.15, 0.2) is 0 Å². The normalized spacial score (nSPS) is 13.1. The maximum Gasteiger partial charge on any atom is 0.269 e. The molecule has 2 rings (SSSR count). The van der Waals surface area contributed by atoms with Gasteiger partial charge in [-0.05, 0) is 30.2 Å². The molecule has 1 N–H and O–H groups in total. The Morgan fingerprint density at radius 2 is 1.76 bits per heavy atom. The van der Waals surface area contributed by atoms with Gasteiger partial charge in [-0.2, -0.15) is 0 Å². The standard InChI is InChI=1S/C18H19BrN2O4/c1-13(14-5-3-2-4-6-14)20(18(23)11-19)12-17(22)15-7-9-16(10-8-15)21(24)25/h2-10,13,17,22H,11-12H2,1H3/t13-,17-/m0/s1. The Labute approximate surface area is 154 Å². The molecule has 2 aromatic rings. The number of nitro groups is 1. The number of benzene rings is 2. The van der Waals surface area contributed by atoms with Crippen LogP contribution in [-0.4, -0.2) is 32.7 Å². The first kappa shape index (κ1) is 19.1. The van der Waals surface area contributed by atoms with E-state index in [9.17, 15) is 20.0 Å². The topological polar surface area (TPSA) is 83.7 Å². The van der Waals surface area contributed by atoms with Crippen molar-refractivity contribution in [2.45, 2.75) is 19.1 Å². The van der Waals surface area contributed by atoms with Gasteiger partial charge in [0.25, 0.3) is 5.69 Å². The average Bonchev–Trinajstić information content (AvgIpc) is 2.65. The molecule has 0 saturated carbocycles. The fraction of sp³-hybridized carbons (Fsp3) is 0.278. The number of carbonyl (C=O) groups is 1. The molecular weight excluding hydrogens is 388 g/mol. The van der Waals surface area contributed by atoms with Gasteiger partial charge in [0.1, 0.15) is 0 Å². The van der Waals surface area contributed by atoms with E-state index >= 15 is 0 Å². The van der Waals surface area contributed by atoms with E-state index < -0.39 is 11.0 Å². The number of aliphatic hydroxyl groups is 1. The molecule has 25 heavy (non-hydrogen) atoms. The van der Waals surface area contributed by atoms with Crippen LogP contribution in [0.4, 0.5) is 5.69 Å². The summed E-state index contributed by atoms with van der Waals surface area (Å²) in [7, 11) is 0. The highest BCUT2D eigenvalue weighted by Crippen LogP contribution is 2.25. The molecule has 0 aliphatic heterocycles. The van der Waals surface area contributed by atoms with Crippen molar-refractivity contribution in [2.75, 3.05) is 11.9 Å². The van der Waals surface area contributed by atoms with E-state index in [-0.39, 0.29) is 29.5 Å². The van der Waals surface area contributed by atoms with Crippen molar-refractivity contribution in [1.29, 1.82) is 0 Å². The maximum absolute atomic E-state index is 12.3. The predicted molar refractivity (Wildman–Crippen MR) is 98.4 cm³/mol. The number of rotatable bonds is 7. The quantitative estimate of drug-likeness (QED) is 0.432. The van der Waals surface area contributed by atoms with Crippen LogP contribution in [0, 0.1) is 10.1 Å². The lowest BCUT2D eigenvalue weighted by molar-refractivity contribution is -0.384. The molecule has 0 fully saturated rings. The molecule has 0 heterocycles. The number of hydrogen-bond donors (Lipinski definition) is 1. The zero-order chi connectivity index (χ0) is 18.4. The third-order valence-corrected chi connectivity index (χ3v) is 4.52. The van der Waals surface area contributed by atoms with Gasteiger partial charge < -0.3 is 10.0 Å². The fourth-order valence-electron chi connectivity index (χ4n) is 2.57. The van der Waals surface area contributed by atoms with Crippen molar-refractivity contribution in [3.8, 4) is 0 Å². The fourth-order valence-corrected chi connectivity index (χ4v) is 2.90. The van der Waals surface area contributed by atoms with Crippen LogP contribution < -0.4 is 0 Å². The molecule has 6 nitrogen and oxygen atoms in total. The van der Waals surface area contributed by atoms with Crippen LogP contribution in [0.5, 0.6) is 0 Å². The Morgan fingerprint density at radius 3 is 2.28 bits per heavy atom. The number of halogens is 1.